The third-order valence-corrected chi connectivity index (χ3v) is 5.56. The molecular weight excluding hydrogens is 334 g/mol. The summed E-state index contributed by atoms with van der Waals surface area (Å²) in [5, 5.41) is 0. The fourth-order valence-corrected chi connectivity index (χ4v) is 3.98. The van der Waals surface area contributed by atoms with Crippen LogP contribution in [0.5, 0.6) is 0 Å². The first-order valence-electron chi connectivity index (χ1n) is 8.43. The van der Waals surface area contributed by atoms with Crippen LogP contribution in [0.3, 0.4) is 0 Å². The lowest BCUT2D eigenvalue weighted by Gasteiger charge is -2.31. The quantitative estimate of drug-likeness (QED) is 0.829. The summed E-state index contributed by atoms with van der Waals surface area (Å²) in [6.07, 6.45) is 5.56. The number of carbonyl (C=O) groups excluding carboxylic acids is 2. The molecule has 2 heterocycles. The molecule has 0 spiro atoms. The molecule has 25 heavy (non-hydrogen) atoms. The van der Waals surface area contributed by atoms with Gasteiger partial charge >= 0.3 is 0 Å². The van der Waals surface area contributed by atoms with E-state index < -0.39 is 0 Å². The maximum atomic E-state index is 13.0. The Morgan fingerprint density at radius 2 is 1.96 bits per heavy atom. The van der Waals surface area contributed by atoms with Crippen molar-refractivity contribution < 1.29 is 9.59 Å². The van der Waals surface area contributed by atoms with Gasteiger partial charge in [-0.2, -0.15) is 0 Å². The van der Waals surface area contributed by atoms with E-state index in [1.54, 1.807) is 17.3 Å². The summed E-state index contributed by atoms with van der Waals surface area (Å²) in [5.41, 5.74) is 1.91. The molecular formula is C19H19N3O2S. The van der Waals surface area contributed by atoms with Gasteiger partial charge in [-0.25, -0.2) is 0 Å². The van der Waals surface area contributed by atoms with E-state index in [1.165, 1.54) is 11.8 Å². The average molecular weight is 353 g/mol. The molecule has 0 bridgehead atoms. The Morgan fingerprint density at radius 1 is 1.20 bits per heavy atom. The molecule has 1 saturated carbocycles. The highest BCUT2D eigenvalue weighted by Gasteiger charge is 2.35. The van der Waals surface area contributed by atoms with Crippen LogP contribution in [-0.2, 0) is 16.1 Å². The highest BCUT2D eigenvalue weighted by atomic mass is 32.2. The fourth-order valence-electron chi connectivity index (χ4n) is 3.05. The number of benzene rings is 1. The first-order valence-corrected chi connectivity index (χ1v) is 9.41. The van der Waals surface area contributed by atoms with E-state index in [1.807, 2.05) is 41.3 Å². The van der Waals surface area contributed by atoms with Gasteiger partial charge in [0.1, 0.15) is 6.54 Å². The van der Waals surface area contributed by atoms with Crippen LogP contribution in [-0.4, -0.2) is 40.0 Å². The zero-order valence-corrected chi connectivity index (χ0v) is 14.6. The summed E-state index contributed by atoms with van der Waals surface area (Å²) in [7, 11) is 0. The molecule has 2 amide bonds. The molecule has 0 N–H and O–H groups in total. The number of amides is 2. The van der Waals surface area contributed by atoms with E-state index in [9.17, 15) is 9.59 Å². The van der Waals surface area contributed by atoms with Crippen molar-refractivity contribution in [3.8, 4) is 0 Å². The number of para-hydroxylation sites is 1. The minimum atomic E-state index is -0.00305. The predicted molar refractivity (Wildman–Crippen MR) is 97.3 cm³/mol. The van der Waals surface area contributed by atoms with Crippen molar-refractivity contribution in [3.05, 3.63) is 54.4 Å². The van der Waals surface area contributed by atoms with E-state index >= 15 is 0 Å². The number of nitrogens with zero attached hydrogens (tertiary/aromatic N) is 3. The number of aromatic nitrogens is 1. The summed E-state index contributed by atoms with van der Waals surface area (Å²) < 4.78 is 0. The molecule has 1 aromatic heterocycles. The SMILES string of the molecule is O=C1CSc2ccccc2N1CC(=O)N(Cc1ccncc1)C1CC1. The van der Waals surface area contributed by atoms with Crippen LogP contribution in [0.2, 0.25) is 0 Å². The summed E-state index contributed by atoms with van der Waals surface area (Å²) in [6, 6.07) is 11.9. The zero-order chi connectivity index (χ0) is 17.2. The van der Waals surface area contributed by atoms with Crippen LogP contribution in [0, 0.1) is 0 Å². The third-order valence-electron chi connectivity index (χ3n) is 4.51. The molecule has 1 aromatic carbocycles. The van der Waals surface area contributed by atoms with Gasteiger partial charge in [0, 0.05) is 29.9 Å². The summed E-state index contributed by atoms with van der Waals surface area (Å²) >= 11 is 1.53. The van der Waals surface area contributed by atoms with Gasteiger partial charge in [0.05, 0.1) is 11.4 Å². The van der Waals surface area contributed by atoms with Gasteiger partial charge in [-0.3, -0.25) is 14.6 Å². The maximum absolute atomic E-state index is 13.0. The molecule has 0 unspecified atom stereocenters. The highest BCUT2D eigenvalue weighted by molar-refractivity contribution is 8.00. The third kappa shape index (κ3) is 3.54. The van der Waals surface area contributed by atoms with Gasteiger partial charge in [-0.15, -0.1) is 11.8 Å². The second-order valence-electron chi connectivity index (χ2n) is 6.34. The Balaban J connectivity index is 1.53. The smallest absolute Gasteiger partial charge is 0.243 e. The van der Waals surface area contributed by atoms with Crippen LogP contribution in [0.4, 0.5) is 5.69 Å². The lowest BCUT2D eigenvalue weighted by atomic mass is 10.2. The molecule has 2 aliphatic rings. The van der Waals surface area contributed by atoms with E-state index in [2.05, 4.69) is 4.98 Å². The molecule has 1 aliphatic heterocycles. The number of fused-ring (bicyclic) bond motifs is 1. The molecule has 1 fully saturated rings. The number of hydrogen-bond donors (Lipinski definition) is 0. The van der Waals surface area contributed by atoms with Crippen molar-refractivity contribution in [1.82, 2.24) is 9.88 Å². The molecule has 0 atom stereocenters. The number of hydrogen-bond acceptors (Lipinski definition) is 4. The van der Waals surface area contributed by atoms with Gasteiger partial charge in [0.15, 0.2) is 0 Å². The number of carbonyl (C=O) groups is 2. The van der Waals surface area contributed by atoms with Crippen molar-refractivity contribution in [2.24, 2.45) is 0 Å². The van der Waals surface area contributed by atoms with Crippen LogP contribution in [0.25, 0.3) is 0 Å². The van der Waals surface area contributed by atoms with Gasteiger partial charge in [-0.05, 0) is 42.7 Å². The molecule has 5 nitrogen and oxygen atoms in total. The minimum Gasteiger partial charge on any atom is -0.334 e. The first kappa shape index (κ1) is 16.1. The van der Waals surface area contributed by atoms with Gasteiger partial charge in [-0.1, -0.05) is 12.1 Å². The standard InChI is InChI=1S/C19H19N3O2S/c23-18(21(15-5-6-15)11-14-7-9-20-10-8-14)12-22-16-3-1-2-4-17(16)25-13-19(22)24/h1-4,7-10,15H,5-6,11-13H2. The van der Waals surface area contributed by atoms with Crippen LogP contribution >= 0.6 is 11.8 Å². The molecule has 0 radical (unpaired) electrons. The number of thioether (sulfide) groups is 1. The Labute approximate surface area is 151 Å². The molecule has 0 saturated heterocycles. The van der Waals surface area contributed by atoms with E-state index in [0.29, 0.717) is 18.3 Å². The van der Waals surface area contributed by atoms with Crippen molar-refractivity contribution >= 4 is 29.3 Å². The molecule has 4 rings (SSSR count). The Hall–Kier alpha value is -2.34. The van der Waals surface area contributed by atoms with Crippen molar-refractivity contribution in [2.45, 2.75) is 30.3 Å². The average Bonchev–Trinajstić information content (AvgIpc) is 3.48. The fraction of sp³-hybridized carbons (Fsp3) is 0.316. The Morgan fingerprint density at radius 3 is 2.72 bits per heavy atom. The number of anilines is 1. The number of pyridine rings is 1. The normalized spacial score (nSPS) is 16.5. The molecule has 6 heteroatoms. The first-order chi connectivity index (χ1) is 12.2. The van der Waals surface area contributed by atoms with E-state index in [0.717, 1.165) is 29.0 Å². The summed E-state index contributed by atoms with van der Waals surface area (Å²) in [4.78, 5) is 34.0. The van der Waals surface area contributed by atoms with Crippen molar-refractivity contribution in [3.63, 3.8) is 0 Å². The van der Waals surface area contributed by atoms with Gasteiger partial charge in [0.25, 0.3) is 0 Å². The largest absolute Gasteiger partial charge is 0.334 e. The Bertz CT molecular complexity index is 792. The second-order valence-corrected chi connectivity index (χ2v) is 7.36. The van der Waals surface area contributed by atoms with Crippen molar-refractivity contribution in [1.29, 1.82) is 0 Å². The van der Waals surface area contributed by atoms with Crippen molar-refractivity contribution in [2.75, 3.05) is 17.2 Å². The monoisotopic (exact) mass is 353 g/mol. The van der Waals surface area contributed by atoms with Gasteiger partial charge < -0.3 is 9.80 Å². The highest BCUT2D eigenvalue weighted by Crippen LogP contribution is 2.35. The minimum absolute atomic E-state index is 0.00305. The van der Waals surface area contributed by atoms with Gasteiger partial charge in [0.2, 0.25) is 11.8 Å². The van der Waals surface area contributed by atoms with E-state index in [-0.39, 0.29) is 18.4 Å². The van der Waals surface area contributed by atoms with Crippen LogP contribution in [0.1, 0.15) is 18.4 Å². The lowest BCUT2D eigenvalue weighted by molar-refractivity contribution is -0.132. The Kier molecular flexibility index (Phi) is 4.44. The lowest BCUT2D eigenvalue weighted by Crippen LogP contribution is -2.45. The molecule has 128 valence electrons. The number of rotatable bonds is 5. The molecule has 2 aromatic rings. The van der Waals surface area contributed by atoms with Crippen LogP contribution in [0.15, 0.2) is 53.7 Å². The molecule has 1 aliphatic carbocycles. The summed E-state index contributed by atoms with van der Waals surface area (Å²) in [5.74, 6) is 0.393. The van der Waals surface area contributed by atoms with Crippen LogP contribution < -0.4 is 4.90 Å². The van der Waals surface area contributed by atoms with E-state index in [4.69, 9.17) is 0 Å². The second kappa shape index (κ2) is 6.88. The maximum Gasteiger partial charge on any atom is 0.243 e. The topological polar surface area (TPSA) is 53.5 Å². The zero-order valence-electron chi connectivity index (χ0n) is 13.8. The predicted octanol–water partition coefficient (Wildman–Crippen LogP) is 2.71. The summed E-state index contributed by atoms with van der Waals surface area (Å²) in [6.45, 7) is 0.683.